The summed E-state index contributed by atoms with van der Waals surface area (Å²) in [5.74, 6) is 0.500. The van der Waals surface area contributed by atoms with Gasteiger partial charge in [0.1, 0.15) is 18.5 Å². The first-order valence-electron chi connectivity index (χ1n) is 6.38. The molecule has 0 bridgehead atoms. The van der Waals surface area contributed by atoms with E-state index < -0.39 is 6.10 Å². The van der Waals surface area contributed by atoms with E-state index in [1.165, 1.54) is 0 Å². The molecule has 106 valence electrons. The molecule has 5 heteroatoms. The minimum absolute atomic E-state index is 0.195. The Kier molecular flexibility index (Phi) is 4.62. The number of hydrogen-bond donors (Lipinski definition) is 2. The summed E-state index contributed by atoms with van der Waals surface area (Å²) >= 11 is 11.8. The number of nitrogens with one attached hydrogen (secondary N) is 1. The molecule has 2 rings (SSSR count). The summed E-state index contributed by atoms with van der Waals surface area (Å²) in [6.45, 7) is 5.13. The van der Waals surface area contributed by atoms with Crippen LogP contribution in [0.2, 0.25) is 10.0 Å². The van der Waals surface area contributed by atoms with Crippen LogP contribution in [-0.2, 0) is 0 Å². The zero-order chi connectivity index (χ0) is 14.0. The maximum atomic E-state index is 9.85. The number of rotatable bonds is 6. The quantitative estimate of drug-likeness (QED) is 0.848. The molecule has 0 saturated heterocycles. The average Bonchev–Trinajstić information content (AvgIpc) is 2.96. The SMILES string of the molecule is CC1(C)CC1NCC(O)COc1cc(Cl)ccc1Cl. The highest BCUT2D eigenvalue weighted by Gasteiger charge is 2.45. The van der Waals surface area contributed by atoms with Crippen LogP contribution in [0.15, 0.2) is 18.2 Å². The molecule has 1 saturated carbocycles. The summed E-state index contributed by atoms with van der Waals surface area (Å²) in [5.41, 5.74) is 0.358. The molecule has 3 nitrogen and oxygen atoms in total. The van der Waals surface area contributed by atoms with E-state index in [2.05, 4.69) is 19.2 Å². The first kappa shape index (κ1) is 14.9. The lowest BCUT2D eigenvalue weighted by Gasteiger charge is -2.15. The Balaban J connectivity index is 1.74. The Bertz CT molecular complexity index is 451. The van der Waals surface area contributed by atoms with E-state index >= 15 is 0 Å². The fourth-order valence-corrected chi connectivity index (χ4v) is 2.26. The highest BCUT2D eigenvalue weighted by molar-refractivity contribution is 6.34. The van der Waals surface area contributed by atoms with Crippen molar-refractivity contribution >= 4 is 23.2 Å². The molecule has 19 heavy (non-hydrogen) atoms. The van der Waals surface area contributed by atoms with Crippen molar-refractivity contribution in [2.24, 2.45) is 5.41 Å². The predicted molar refractivity (Wildman–Crippen MR) is 78.2 cm³/mol. The Morgan fingerprint density at radius 1 is 1.47 bits per heavy atom. The Morgan fingerprint density at radius 3 is 2.79 bits per heavy atom. The Labute approximate surface area is 123 Å². The Hall–Kier alpha value is -0.480. The third-order valence-corrected chi connectivity index (χ3v) is 3.99. The van der Waals surface area contributed by atoms with Gasteiger partial charge in [0.2, 0.25) is 0 Å². The fourth-order valence-electron chi connectivity index (χ4n) is 1.93. The molecule has 2 N–H and O–H groups in total. The predicted octanol–water partition coefficient (Wildman–Crippen LogP) is 3.12. The van der Waals surface area contributed by atoms with Gasteiger partial charge in [-0.15, -0.1) is 0 Å². The van der Waals surface area contributed by atoms with Crippen LogP contribution in [0, 0.1) is 5.41 Å². The number of halogens is 2. The summed E-state index contributed by atoms with van der Waals surface area (Å²) in [5, 5.41) is 14.2. The van der Waals surface area contributed by atoms with Crippen LogP contribution < -0.4 is 10.1 Å². The van der Waals surface area contributed by atoms with Crippen LogP contribution >= 0.6 is 23.2 Å². The molecule has 1 aromatic carbocycles. The largest absolute Gasteiger partial charge is 0.489 e. The van der Waals surface area contributed by atoms with Crippen LogP contribution in [0.3, 0.4) is 0 Å². The topological polar surface area (TPSA) is 41.5 Å². The first-order valence-corrected chi connectivity index (χ1v) is 7.13. The molecule has 0 aromatic heterocycles. The van der Waals surface area contributed by atoms with Crippen molar-refractivity contribution in [2.45, 2.75) is 32.4 Å². The molecule has 0 aliphatic heterocycles. The minimum atomic E-state index is -0.563. The second-order valence-electron chi connectivity index (χ2n) is 5.69. The highest BCUT2D eigenvalue weighted by atomic mass is 35.5. The van der Waals surface area contributed by atoms with Gasteiger partial charge in [-0.25, -0.2) is 0 Å². The molecule has 0 amide bonds. The normalized spacial score (nSPS) is 22.1. The lowest BCUT2D eigenvalue weighted by Crippen LogP contribution is -2.34. The molecule has 1 aromatic rings. The van der Waals surface area contributed by atoms with Gasteiger partial charge in [-0.2, -0.15) is 0 Å². The minimum Gasteiger partial charge on any atom is -0.489 e. The molecule has 1 fully saturated rings. The van der Waals surface area contributed by atoms with Crippen molar-refractivity contribution in [1.29, 1.82) is 0 Å². The summed E-state index contributed by atoms with van der Waals surface area (Å²) in [6, 6.07) is 5.52. The highest BCUT2D eigenvalue weighted by Crippen LogP contribution is 2.44. The number of aliphatic hydroxyl groups is 1. The summed E-state index contributed by atoms with van der Waals surface area (Å²) in [4.78, 5) is 0. The molecule has 1 aliphatic carbocycles. The third-order valence-electron chi connectivity index (χ3n) is 3.44. The van der Waals surface area contributed by atoms with Crippen molar-refractivity contribution < 1.29 is 9.84 Å². The molecule has 0 heterocycles. The third kappa shape index (κ3) is 4.25. The summed E-state index contributed by atoms with van der Waals surface area (Å²) < 4.78 is 5.48. The van der Waals surface area contributed by atoms with E-state index in [1.54, 1.807) is 18.2 Å². The van der Waals surface area contributed by atoms with Crippen molar-refractivity contribution in [3.8, 4) is 5.75 Å². The smallest absolute Gasteiger partial charge is 0.139 e. The molecule has 0 spiro atoms. The van der Waals surface area contributed by atoms with Crippen LogP contribution in [-0.4, -0.2) is 30.4 Å². The van der Waals surface area contributed by atoms with Gasteiger partial charge < -0.3 is 15.2 Å². The standard InChI is InChI=1S/C14H19Cl2NO2/c1-14(2)6-13(14)17-7-10(18)8-19-12-5-9(15)3-4-11(12)16/h3-5,10,13,17-18H,6-8H2,1-2H3. The van der Waals surface area contributed by atoms with E-state index in [0.717, 1.165) is 6.42 Å². The van der Waals surface area contributed by atoms with Gasteiger partial charge in [-0.1, -0.05) is 37.0 Å². The summed E-state index contributed by atoms with van der Waals surface area (Å²) in [7, 11) is 0. The van der Waals surface area contributed by atoms with E-state index in [-0.39, 0.29) is 6.61 Å². The molecular weight excluding hydrogens is 285 g/mol. The zero-order valence-electron chi connectivity index (χ0n) is 11.1. The van der Waals surface area contributed by atoms with Crippen LogP contribution in [0.1, 0.15) is 20.3 Å². The lowest BCUT2D eigenvalue weighted by molar-refractivity contribution is 0.105. The van der Waals surface area contributed by atoms with Crippen LogP contribution in [0.25, 0.3) is 0 Å². The second kappa shape index (κ2) is 5.88. The van der Waals surface area contributed by atoms with Crippen molar-refractivity contribution in [1.82, 2.24) is 5.32 Å². The number of ether oxygens (including phenoxy) is 1. The van der Waals surface area contributed by atoms with E-state index in [1.807, 2.05) is 0 Å². The monoisotopic (exact) mass is 303 g/mol. The molecule has 2 unspecified atom stereocenters. The number of hydrogen-bond acceptors (Lipinski definition) is 3. The van der Waals surface area contributed by atoms with E-state index in [9.17, 15) is 5.11 Å². The lowest BCUT2D eigenvalue weighted by atomic mass is 10.2. The molecule has 0 radical (unpaired) electrons. The van der Waals surface area contributed by atoms with Crippen molar-refractivity contribution in [3.05, 3.63) is 28.2 Å². The van der Waals surface area contributed by atoms with Crippen LogP contribution in [0.5, 0.6) is 5.75 Å². The van der Waals surface area contributed by atoms with Gasteiger partial charge in [0.15, 0.2) is 0 Å². The molecular formula is C14H19Cl2NO2. The van der Waals surface area contributed by atoms with Crippen LogP contribution in [0.4, 0.5) is 0 Å². The van der Waals surface area contributed by atoms with E-state index in [4.69, 9.17) is 27.9 Å². The average molecular weight is 304 g/mol. The van der Waals surface area contributed by atoms with Gasteiger partial charge in [-0.3, -0.25) is 0 Å². The molecule has 2 atom stereocenters. The number of aliphatic hydroxyl groups excluding tert-OH is 1. The van der Waals surface area contributed by atoms with Crippen molar-refractivity contribution in [2.75, 3.05) is 13.2 Å². The maximum absolute atomic E-state index is 9.85. The van der Waals surface area contributed by atoms with Gasteiger partial charge in [-0.05, 0) is 24.0 Å². The fraction of sp³-hybridized carbons (Fsp3) is 0.571. The summed E-state index contributed by atoms with van der Waals surface area (Å²) in [6.07, 6.45) is 0.590. The van der Waals surface area contributed by atoms with E-state index in [0.29, 0.717) is 33.8 Å². The number of benzene rings is 1. The van der Waals surface area contributed by atoms with Gasteiger partial charge >= 0.3 is 0 Å². The second-order valence-corrected chi connectivity index (χ2v) is 6.54. The van der Waals surface area contributed by atoms with Gasteiger partial charge in [0, 0.05) is 23.7 Å². The Morgan fingerprint density at radius 2 is 2.16 bits per heavy atom. The molecule has 1 aliphatic rings. The van der Waals surface area contributed by atoms with Gasteiger partial charge in [0.05, 0.1) is 5.02 Å². The zero-order valence-corrected chi connectivity index (χ0v) is 12.6. The first-order chi connectivity index (χ1) is 8.88. The van der Waals surface area contributed by atoms with Crippen molar-refractivity contribution in [3.63, 3.8) is 0 Å². The van der Waals surface area contributed by atoms with Gasteiger partial charge in [0.25, 0.3) is 0 Å². The maximum Gasteiger partial charge on any atom is 0.139 e.